The van der Waals surface area contributed by atoms with Crippen molar-refractivity contribution < 1.29 is 4.74 Å². The van der Waals surface area contributed by atoms with Gasteiger partial charge in [-0.2, -0.15) is 5.10 Å². The highest BCUT2D eigenvalue weighted by Crippen LogP contribution is 2.35. The smallest absolute Gasteiger partial charge is 0.123 e. The maximum absolute atomic E-state index is 5.91. The molecule has 0 unspecified atom stereocenters. The van der Waals surface area contributed by atoms with E-state index < -0.39 is 0 Å². The van der Waals surface area contributed by atoms with Gasteiger partial charge < -0.3 is 10.1 Å². The summed E-state index contributed by atoms with van der Waals surface area (Å²) in [5.41, 5.74) is 4.90. The van der Waals surface area contributed by atoms with Crippen LogP contribution in [0.15, 0.2) is 24.4 Å². The number of benzene rings is 1. The predicted molar refractivity (Wildman–Crippen MR) is 83.3 cm³/mol. The molecule has 0 atom stereocenters. The Bertz CT molecular complexity index is 658. The highest BCUT2D eigenvalue weighted by Gasteiger charge is 2.29. The topological polar surface area (TPSA) is 39.1 Å². The maximum atomic E-state index is 5.91. The van der Waals surface area contributed by atoms with Gasteiger partial charge in [0.1, 0.15) is 11.4 Å². The summed E-state index contributed by atoms with van der Waals surface area (Å²) in [7, 11) is 1.96. The van der Waals surface area contributed by atoms with Gasteiger partial charge in [-0.15, -0.1) is 0 Å². The fraction of sp³-hybridized carbons (Fsp3) is 0.471. The molecule has 0 radical (unpaired) electrons. The molecule has 0 aliphatic carbocycles. The molecule has 1 aliphatic heterocycles. The second-order valence-electron chi connectivity index (χ2n) is 6.50. The molecule has 2 aromatic rings. The number of hydrogen-bond acceptors (Lipinski definition) is 3. The normalized spacial score (nSPS) is 15.8. The van der Waals surface area contributed by atoms with Gasteiger partial charge in [0.2, 0.25) is 0 Å². The zero-order valence-corrected chi connectivity index (χ0v) is 13.2. The summed E-state index contributed by atoms with van der Waals surface area (Å²) in [5, 5.41) is 7.85. The van der Waals surface area contributed by atoms with E-state index >= 15 is 0 Å². The average molecular weight is 285 g/mol. The summed E-state index contributed by atoms with van der Waals surface area (Å²) in [6.45, 7) is 8.03. The Labute approximate surface area is 126 Å². The van der Waals surface area contributed by atoms with Crippen molar-refractivity contribution in [2.75, 3.05) is 0 Å². The SMILES string of the molecule is Cc1nn(C)cc1CNCc1ccc2c(c1)CC(C)(C)O2. The second-order valence-corrected chi connectivity index (χ2v) is 6.50. The Balaban J connectivity index is 1.61. The van der Waals surface area contributed by atoms with Crippen LogP contribution >= 0.6 is 0 Å². The lowest BCUT2D eigenvalue weighted by atomic mass is 10.0. The first kappa shape index (κ1) is 14.1. The third-order valence-electron chi connectivity index (χ3n) is 3.89. The lowest BCUT2D eigenvalue weighted by Crippen LogP contribution is -2.24. The van der Waals surface area contributed by atoms with Crippen LogP contribution < -0.4 is 10.1 Å². The van der Waals surface area contributed by atoms with Crippen molar-refractivity contribution in [2.24, 2.45) is 7.05 Å². The monoisotopic (exact) mass is 285 g/mol. The Morgan fingerprint density at radius 2 is 2.14 bits per heavy atom. The van der Waals surface area contributed by atoms with Crippen molar-refractivity contribution in [3.8, 4) is 5.75 Å². The highest BCUT2D eigenvalue weighted by atomic mass is 16.5. The number of aromatic nitrogens is 2. The quantitative estimate of drug-likeness (QED) is 0.939. The third kappa shape index (κ3) is 3.10. The van der Waals surface area contributed by atoms with Gasteiger partial charge in [-0.05, 0) is 38.0 Å². The standard InChI is InChI=1S/C17H23N3O/c1-12-15(11-20(4)19-12)10-18-9-13-5-6-16-14(7-13)8-17(2,3)21-16/h5-7,11,18H,8-10H2,1-4H3. The minimum Gasteiger partial charge on any atom is -0.487 e. The maximum Gasteiger partial charge on any atom is 0.123 e. The number of rotatable bonds is 4. The fourth-order valence-electron chi connectivity index (χ4n) is 2.94. The largest absolute Gasteiger partial charge is 0.487 e. The van der Waals surface area contributed by atoms with Crippen LogP contribution in [0.4, 0.5) is 0 Å². The molecular weight excluding hydrogens is 262 g/mol. The lowest BCUT2D eigenvalue weighted by Gasteiger charge is -2.16. The van der Waals surface area contributed by atoms with E-state index in [9.17, 15) is 0 Å². The molecule has 0 amide bonds. The van der Waals surface area contributed by atoms with Gasteiger partial charge in [-0.1, -0.05) is 12.1 Å². The summed E-state index contributed by atoms with van der Waals surface area (Å²) >= 11 is 0. The van der Waals surface area contributed by atoms with Crippen molar-refractivity contribution in [3.05, 3.63) is 46.8 Å². The van der Waals surface area contributed by atoms with Crippen LogP contribution in [0, 0.1) is 6.92 Å². The summed E-state index contributed by atoms with van der Waals surface area (Å²) in [4.78, 5) is 0. The van der Waals surface area contributed by atoms with Crippen LogP contribution in [0.2, 0.25) is 0 Å². The van der Waals surface area contributed by atoms with Crippen LogP contribution in [-0.4, -0.2) is 15.4 Å². The van der Waals surface area contributed by atoms with Crippen LogP contribution in [0.3, 0.4) is 0 Å². The second kappa shape index (κ2) is 5.19. The van der Waals surface area contributed by atoms with Gasteiger partial charge in [0.15, 0.2) is 0 Å². The summed E-state index contributed by atoms with van der Waals surface area (Å²) in [6.07, 6.45) is 3.05. The predicted octanol–water partition coefficient (Wildman–Crippen LogP) is 2.73. The van der Waals surface area contributed by atoms with Gasteiger partial charge in [0, 0.05) is 38.3 Å². The molecular formula is C17H23N3O. The first-order valence-corrected chi connectivity index (χ1v) is 7.44. The van der Waals surface area contributed by atoms with Crippen molar-refractivity contribution in [1.82, 2.24) is 15.1 Å². The number of aryl methyl sites for hydroxylation is 2. The van der Waals surface area contributed by atoms with E-state index in [1.54, 1.807) is 0 Å². The van der Waals surface area contributed by atoms with Crippen LogP contribution in [0.5, 0.6) is 5.75 Å². The molecule has 1 aromatic heterocycles. The van der Waals surface area contributed by atoms with E-state index in [0.717, 1.165) is 31.0 Å². The van der Waals surface area contributed by atoms with Gasteiger partial charge in [-0.25, -0.2) is 0 Å². The molecule has 1 N–H and O–H groups in total. The Morgan fingerprint density at radius 3 is 2.86 bits per heavy atom. The fourth-order valence-corrected chi connectivity index (χ4v) is 2.94. The van der Waals surface area contributed by atoms with Crippen molar-refractivity contribution >= 4 is 0 Å². The third-order valence-corrected chi connectivity index (χ3v) is 3.89. The minimum atomic E-state index is -0.0682. The molecule has 0 fully saturated rings. The van der Waals surface area contributed by atoms with Gasteiger partial charge in [0.25, 0.3) is 0 Å². The molecule has 0 saturated heterocycles. The van der Waals surface area contributed by atoms with Crippen LogP contribution in [0.1, 0.15) is 36.2 Å². The molecule has 4 nitrogen and oxygen atoms in total. The number of nitrogens with one attached hydrogen (secondary N) is 1. The van der Waals surface area contributed by atoms with Gasteiger partial charge >= 0.3 is 0 Å². The molecule has 4 heteroatoms. The van der Waals surface area contributed by atoms with Crippen LogP contribution in [-0.2, 0) is 26.6 Å². The van der Waals surface area contributed by atoms with E-state index in [0.29, 0.717) is 0 Å². The average Bonchev–Trinajstić information content (AvgIpc) is 2.86. The molecule has 21 heavy (non-hydrogen) atoms. The van der Waals surface area contributed by atoms with E-state index in [1.807, 2.05) is 18.7 Å². The molecule has 112 valence electrons. The Kier molecular flexibility index (Phi) is 3.49. The Morgan fingerprint density at radius 1 is 1.33 bits per heavy atom. The van der Waals surface area contributed by atoms with Gasteiger partial charge in [-0.3, -0.25) is 4.68 Å². The van der Waals surface area contributed by atoms with E-state index in [4.69, 9.17) is 4.74 Å². The zero-order chi connectivity index (χ0) is 15.0. The van der Waals surface area contributed by atoms with E-state index in [1.165, 1.54) is 16.7 Å². The van der Waals surface area contributed by atoms with Crippen molar-refractivity contribution in [3.63, 3.8) is 0 Å². The minimum absolute atomic E-state index is 0.0682. The first-order chi connectivity index (χ1) is 9.93. The highest BCUT2D eigenvalue weighted by molar-refractivity contribution is 5.41. The number of fused-ring (bicyclic) bond motifs is 1. The van der Waals surface area contributed by atoms with Gasteiger partial charge in [0.05, 0.1) is 5.69 Å². The van der Waals surface area contributed by atoms with E-state index in [-0.39, 0.29) is 5.60 Å². The summed E-state index contributed by atoms with van der Waals surface area (Å²) in [5.74, 6) is 1.03. The Hall–Kier alpha value is -1.81. The molecule has 0 bridgehead atoms. The number of ether oxygens (including phenoxy) is 1. The lowest BCUT2D eigenvalue weighted by molar-refractivity contribution is 0.138. The van der Waals surface area contributed by atoms with Crippen molar-refractivity contribution in [1.29, 1.82) is 0 Å². The molecule has 3 rings (SSSR count). The van der Waals surface area contributed by atoms with E-state index in [2.05, 4.69) is 48.7 Å². The number of nitrogens with zero attached hydrogens (tertiary/aromatic N) is 2. The molecule has 1 aromatic carbocycles. The zero-order valence-electron chi connectivity index (χ0n) is 13.2. The molecule has 0 spiro atoms. The molecule has 1 aliphatic rings. The van der Waals surface area contributed by atoms with Crippen molar-refractivity contribution in [2.45, 2.75) is 45.9 Å². The summed E-state index contributed by atoms with van der Waals surface area (Å²) in [6, 6.07) is 6.49. The summed E-state index contributed by atoms with van der Waals surface area (Å²) < 4.78 is 7.77. The first-order valence-electron chi connectivity index (χ1n) is 7.44. The number of hydrogen-bond donors (Lipinski definition) is 1. The molecule has 0 saturated carbocycles. The molecule has 2 heterocycles. The van der Waals surface area contributed by atoms with Crippen LogP contribution in [0.25, 0.3) is 0 Å².